The van der Waals surface area contributed by atoms with Crippen LogP contribution in [0.3, 0.4) is 0 Å². The van der Waals surface area contributed by atoms with E-state index in [2.05, 4.69) is 25.9 Å². The number of hydrogen-bond acceptors (Lipinski definition) is 5. The van der Waals surface area contributed by atoms with Crippen molar-refractivity contribution in [1.82, 2.24) is 35.0 Å². The second kappa shape index (κ2) is 8.19. The summed E-state index contributed by atoms with van der Waals surface area (Å²) in [4.78, 5) is 37.0. The van der Waals surface area contributed by atoms with Gasteiger partial charge in [-0.15, -0.1) is 5.10 Å². The molecule has 4 rings (SSSR count). The SMILES string of the molecule is CC(NC(=O)c1n[nH]c2ccccc12)C(=O)NCCCn1nc2ccccn2c1=O. The molecule has 0 fully saturated rings. The summed E-state index contributed by atoms with van der Waals surface area (Å²) in [6.45, 7) is 2.33. The van der Waals surface area contributed by atoms with E-state index in [1.54, 1.807) is 31.3 Å². The molecule has 0 saturated carbocycles. The van der Waals surface area contributed by atoms with Crippen molar-refractivity contribution in [2.24, 2.45) is 0 Å². The number of aromatic nitrogens is 5. The minimum absolute atomic E-state index is 0.219. The molecular weight excluding hydrogens is 386 g/mol. The predicted octanol–water partition coefficient (Wildman–Crippen LogP) is 0.697. The molecule has 154 valence electrons. The summed E-state index contributed by atoms with van der Waals surface area (Å²) in [5.41, 5.74) is 1.36. The highest BCUT2D eigenvalue weighted by molar-refractivity contribution is 6.05. The van der Waals surface area contributed by atoms with E-state index in [-0.39, 0.29) is 17.3 Å². The Bertz CT molecular complexity index is 1270. The first-order valence-electron chi connectivity index (χ1n) is 9.60. The minimum atomic E-state index is -0.731. The summed E-state index contributed by atoms with van der Waals surface area (Å²) in [5.74, 6) is -0.739. The van der Waals surface area contributed by atoms with E-state index in [1.165, 1.54) is 9.08 Å². The van der Waals surface area contributed by atoms with Crippen molar-refractivity contribution in [3.8, 4) is 0 Å². The zero-order valence-electron chi connectivity index (χ0n) is 16.3. The Morgan fingerprint density at radius 2 is 1.97 bits per heavy atom. The Hall–Kier alpha value is -3.95. The van der Waals surface area contributed by atoms with Crippen molar-refractivity contribution in [2.75, 3.05) is 6.54 Å². The lowest BCUT2D eigenvalue weighted by Gasteiger charge is -2.13. The summed E-state index contributed by atoms with van der Waals surface area (Å²) in [6.07, 6.45) is 2.19. The molecule has 1 aromatic carbocycles. The highest BCUT2D eigenvalue weighted by Crippen LogP contribution is 2.14. The molecule has 3 heterocycles. The van der Waals surface area contributed by atoms with Crippen LogP contribution in [0, 0.1) is 0 Å². The standard InChI is InChI=1S/C20H21N7O3/c1-13(22-19(29)17-14-7-2-3-8-15(14)23-24-17)18(28)21-10-6-12-27-20(30)26-11-5-4-9-16(26)25-27/h2-5,7-9,11,13H,6,10,12H2,1H3,(H,21,28)(H,22,29)(H,23,24). The average Bonchev–Trinajstić information content (AvgIpc) is 3.32. The number of aromatic amines is 1. The minimum Gasteiger partial charge on any atom is -0.354 e. The maximum Gasteiger partial charge on any atom is 0.350 e. The van der Waals surface area contributed by atoms with Crippen LogP contribution >= 0.6 is 0 Å². The molecule has 3 aromatic heterocycles. The van der Waals surface area contributed by atoms with Gasteiger partial charge in [0.2, 0.25) is 5.91 Å². The van der Waals surface area contributed by atoms with Gasteiger partial charge in [-0.25, -0.2) is 9.48 Å². The summed E-state index contributed by atoms with van der Waals surface area (Å²) < 4.78 is 2.84. The van der Waals surface area contributed by atoms with Gasteiger partial charge in [-0.05, 0) is 31.5 Å². The van der Waals surface area contributed by atoms with Gasteiger partial charge in [0.15, 0.2) is 11.3 Å². The quantitative estimate of drug-likeness (QED) is 0.389. The third-order valence-corrected chi connectivity index (χ3v) is 4.76. The lowest BCUT2D eigenvalue weighted by Crippen LogP contribution is -2.45. The molecule has 30 heavy (non-hydrogen) atoms. The molecule has 1 atom stereocenters. The number of hydrogen-bond donors (Lipinski definition) is 3. The number of nitrogens with zero attached hydrogens (tertiary/aromatic N) is 4. The third kappa shape index (κ3) is 3.79. The molecule has 4 aromatic rings. The Morgan fingerprint density at radius 1 is 1.17 bits per heavy atom. The monoisotopic (exact) mass is 407 g/mol. The molecule has 10 heteroatoms. The van der Waals surface area contributed by atoms with Gasteiger partial charge in [0.1, 0.15) is 6.04 Å². The summed E-state index contributed by atoms with van der Waals surface area (Å²) in [7, 11) is 0. The molecule has 0 bridgehead atoms. The van der Waals surface area contributed by atoms with Gasteiger partial charge in [-0.3, -0.25) is 19.1 Å². The Kier molecular flexibility index (Phi) is 5.29. The molecule has 0 aliphatic rings. The fourth-order valence-electron chi connectivity index (χ4n) is 3.17. The summed E-state index contributed by atoms with van der Waals surface area (Å²) >= 11 is 0. The first kappa shape index (κ1) is 19.4. The van der Waals surface area contributed by atoms with E-state index in [0.29, 0.717) is 30.5 Å². The fraction of sp³-hybridized carbons (Fsp3) is 0.250. The van der Waals surface area contributed by atoms with Crippen LogP contribution in [0.2, 0.25) is 0 Å². The van der Waals surface area contributed by atoms with E-state index in [4.69, 9.17) is 0 Å². The molecule has 0 saturated heterocycles. The number of pyridine rings is 1. The Balaban J connectivity index is 1.28. The fourth-order valence-corrected chi connectivity index (χ4v) is 3.17. The number of amides is 2. The van der Waals surface area contributed by atoms with E-state index < -0.39 is 11.9 Å². The maximum atomic E-state index is 12.5. The first-order chi connectivity index (χ1) is 14.5. The van der Waals surface area contributed by atoms with Crippen LogP contribution in [0.5, 0.6) is 0 Å². The van der Waals surface area contributed by atoms with Crippen LogP contribution in [0.1, 0.15) is 23.8 Å². The topological polar surface area (TPSA) is 126 Å². The highest BCUT2D eigenvalue weighted by atomic mass is 16.2. The van der Waals surface area contributed by atoms with Crippen molar-refractivity contribution >= 4 is 28.4 Å². The number of para-hydroxylation sites is 1. The third-order valence-electron chi connectivity index (χ3n) is 4.76. The van der Waals surface area contributed by atoms with Gasteiger partial charge in [0.05, 0.1) is 5.52 Å². The zero-order chi connectivity index (χ0) is 21.1. The van der Waals surface area contributed by atoms with Crippen LogP contribution < -0.4 is 16.3 Å². The lowest BCUT2D eigenvalue weighted by atomic mass is 10.2. The molecule has 1 unspecified atom stereocenters. The number of carbonyl (C=O) groups excluding carboxylic acids is 2. The number of benzene rings is 1. The van der Waals surface area contributed by atoms with Crippen LogP contribution in [0.15, 0.2) is 53.5 Å². The van der Waals surface area contributed by atoms with Crippen molar-refractivity contribution in [3.05, 3.63) is 64.8 Å². The first-order valence-corrected chi connectivity index (χ1v) is 9.60. The van der Waals surface area contributed by atoms with Crippen molar-refractivity contribution in [1.29, 1.82) is 0 Å². The second-order valence-electron chi connectivity index (χ2n) is 6.89. The predicted molar refractivity (Wildman–Crippen MR) is 110 cm³/mol. The van der Waals surface area contributed by atoms with Crippen LogP contribution in [-0.2, 0) is 11.3 Å². The van der Waals surface area contributed by atoms with Crippen molar-refractivity contribution < 1.29 is 9.59 Å². The normalized spacial score (nSPS) is 12.2. The number of fused-ring (bicyclic) bond motifs is 2. The van der Waals surface area contributed by atoms with Crippen molar-refractivity contribution in [2.45, 2.75) is 25.9 Å². The maximum absolute atomic E-state index is 12.5. The lowest BCUT2D eigenvalue weighted by molar-refractivity contribution is -0.122. The summed E-state index contributed by atoms with van der Waals surface area (Å²) in [6, 6.07) is 11.9. The number of nitrogens with one attached hydrogen (secondary N) is 3. The van der Waals surface area contributed by atoms with E-state index in [0.717, 1.165) is 5.52 Å². The van der Waals surface area contributed by atoms with Crippen LogP contribution in [-0.4, -0.2) is 48.8 Å². The smallest absolute Gasteiger partial charge is 0.350 e. The average molecular weight is 407 g/mol. The molecule has 0 aliphatic heterocycles. The molecule has 0 aliphatic carbocycles. The molecule has 0 radical (unpaired) electrons. The Morgan fingerprint density at radius 3 is 2.80 bits per heavy atom. The summed E-state index contributed by atoms with van der Waals surface area (Å²) in [5, 5.41) is 17.2. The van der Waals surface area contributed by atoms with Gasteiger partial charge < -0.3 is 10.6 Å². The van der Waals surface area contributed by atoms with Gasteiger partial charge in [-0.1, -0.05) is 24.3 Å². The molecule has 0 spiro atoms. The second-order valence-corrected chi connectivity index (χ2v) is 6.89. The number of rotatable bonds is 7. The van der Waals surface area contributed by atoms with Crippen molar-refractivity contribution in [3.63, 3.8) is 0 Å². The van der Waals surface area contributed by atoms with Gasteiger partial charge in [0, 0.05) is 24.7 Å². The highest BCUT2D eigenvalue weighted by Gasteiger charge is 2.19. The number of carbonyl (C=O) groups is 2. The zero-order valence-corrected chi connectivity index (χ0v) is 16.3. The van der Waals surface area contributed by atoms with Crippen LogP contribution in [0.25, 0.3) is 16.6 Å². The van der Waals surface area contributed by atoms with Gasteiger partial charge in [-0.2, -0.15) is 5.10 Å². The number of H-pyrrole nitrogens is 1. The van der Waals surface area contributed by atoms with Gasteiger partial charge in [0.25, 0.3) is 5.91 Å². The van der Waals surface area contributed by atoms with Crippen LogP contribution in [0.4, 0.5) is 0 Å². The Labute approximate surface area is 170 Å². The molecule has 3 N–H and O–H groups in total. The van der Waals surface area contributed by atoms with E-state index in [9.17, 15) is 14.4 Å². The van der Waals surface area contributed by atoms with Gasteiger partial charge >= 0.3 is 5.69 Å². The molecular formula is C20H21N7O3. The van der Waals surface area contributed by atoms with E-state index >= 15 is 0 Å². The van der Waals surface area contributed by atoms with E-state index in [1.807, 2.05) is 24.3 Å². The molecule has 10 nitrogen and oxygen atoms in total. The molecule has 2 amide bonds. The largest absolute Gasteiger partial charge is 0.354 e. The number of aryl methyl sites for hydroxylation is 1.